The van der Waals surface area contributed by atoms with Gasteiger partial charge in [-0.05, 0) is 30.7 Å². The molecule has 0 N–H and O–H groups in total. The summed E-state index contributed by atoms with van der Waals surface area (Å²) in [5, 5.41) is 0. The summed E-state index contributed by atoms with van der Waals surface area (Å²) in [6, 6.07) is 10.6. The van der Waals surface area contributed by atoms with Gasteiger partial charge in [-0.3, -0.25) is 0 Å². The van der Waals surface area contributed by atoms with Gasteiger partial charge in [-0.2, -0.15) is 0 Å². The maximum absolute atomic E-state index is 2.26. The fourth-order valence-electron chi connectivity index (χ4n) is 2.01. The highest BCUT2D eigenvalue weighted by Gasteiger charge is 2.04. The van der Waals surface area contributed by atoms with Crippen LogP contribution >= 0.6 is 0 Å². The fourth-order valence-corrected chi connectivity index (χ4v) is 2.01. The number of hydrogen-bond donors (Lipinski definition) is 0. The predicted molar refractivity (Wildman–Crippen MR) is 57.7 cm³/mol. The third-order valence-electron chi connectivity index (χ3n) is 2.74. The Labute approximate surface area is 82.4 Å². The maximum Gasteiger partial charge on any atom is 0.121 e. The second-order valence-electron chi connectivity index (χ2n) is 3.53. The van der Waals surface area contributed by atoms with E-state index in [0.29, 0.717) is 0 Å². The van der Waals surface area contributed by atoms with E-state index in [0.717, 1.165) is 6.42 Å². The number of hydrogen-bond acceptors (Lipinski definition) is 0. The third kappa shape index (κ3) is 0.854. The molecule has 0 saturated heterocycles. The Balaban J connectivity index is 2.51. The highest BCUT2D eigenvalue weighted by Crippen LogP contribution is 2.15. The standard InChI is InChI=1S/C12H12N2/c1-2-10-6-7-12-13-8-4-3-5-11(13)9-14(10)12/h3-9H,2H2,1H3. The monoisotopic (exact) mass is 184 g/mol. The lowest BCUT2D eigenvalue weighted by atomic mass is 10.3. The van der Waals surface area contributed by atoms with E-state index in [4.69, 9.17) is 0 Å². The van der Waals surface area contributed by atoms with Crippen LogP contribution in [-0.4, -0.2) is 8.80 Å². The van der Waals surface area contributed by atoms with E-state index in [1.54, 1.807) is 0 Å². The van der Waals surface area contributed by atoms with Crippen molar-refractivity contribution in [1.29, 1.82) is 0 Å². The van der Waals surface area contributed by atoms with E-state index in [2.05, 4.69) is 58.5 Å². The Bertz CT molecular complexity index is 586. The number of pyridine rings is 1. The van der Waals surface area contributed by atoms with Gasteiger partial charge in [-0.25, -0.2) is 0 Å². The molecule has 0 aliphatic heterocycles. The molecule has 0 spiro atoms. The zero-order valence-corrected chi connectivity index (χ0v) is 8.14. The molecule has 0 fully saturated rings. The van der Waals surface area contributed by atoms with Crippen molar-refractivity contribution in [2.75, 3.05) is 0 Å². The number of fused-ring (bicyclic) bond motifs is 3. The Hall–Kier alpha value is -1.70. The summed E-state index contributed by atoms with van der Waals surface area (Å²) in [7, 11) is 0. The predicted octanol–water partition coefficient (Wildman–Crippen LogP) is 2.75. The first-order valence-corrected chi connectivity index (χ1v) is 4.96. The van der Waals surface area contributed by atoms with Crippen LogP contribution in [0.3, 0.4) is 0 Å². The molecule has 0 saturated carbocycles. The molecule has 0 aliphatic rings. The van der Waals surface area contributed by atoms with Crippen molar-refractivity contribution in [2.24, 2.45) is 0 Å². The van der Waals surface area contributed by atoms with Crippen LogP contribution in [0.15, 0.2) is 42.7 Å². The maximum atomic E-state index is 2.26. The highest BCUT2D eigenvalue weighted by atomic mass is 15.1. The molecular weight excluding hydrogens is 172 g/mol. The largest absolute Gasteiger partial charge is 0.305 e. The molecule has 3 aromatic rings. The quantitative estimate of drug-likeness (QED) is 0.550. The molecule has 0 bridgehead atoms. The molecule has 0 atom stereocenters. The lowest BCUT2D eigenvalue weighted by Gasteiger charge is -1.92. The van der Waals surface area contributed by atoms with Gasteiger partial charge in [0.2, 0.25) is 0 Å². The zero-order chi connectivity index (χ0) is 9.54. The first-order chi connectivity index (χ1) is 6.90. The summed E-state index contributed by atoms with van der Waals surface area (Å²) < 4.78 is 4.47. The number of aryl methyl sites for hydroxylation is 1. The van der Waals surface area contributed by atoms with E-state index >= 15 is 0 Å². The van der Waals surface area contributed by atoms with E-state index in [1.807, 2.05) is 0 Å². The smallest absolute Gasteiger partial charge is 0.121 e. The van der Waals surface area contributed by atoms with Crippen molar-refractivity contribution in [3.8, 4) is 0 Å². The Morgan fingerprint density at radius 1 is 1.07 bits per heavy atom. The lowest BCUT2D eigenvalue weighted by molar-refractivity contribution is 1.00. The summed E-state index contributed by atoms with van der Waals surface area (Å²) >= 11 is 0. The van der Waals surface area contributed by atoms with Crippen molar-refractivity contribution in [2.45, 2.75) is 13.3 Å². The molecule has 0 amide bonds. The molecule has 3 rings (SSSR count). The van der Waals surface area contributed by atoms with Gasteiger partial charge in [0, 0.05) is 18.1 Å². The molecule has 3 heterocycles. The van der Waals surface area contributed by atoms with Gasteiger partial charge in [0.05, 0.1) is 5.52 Å². The lowest BCUT2D eigenvalue weighted by Crippen LogP contribution is -1.85. The molecule has 14 heavy (non-hydrogen) atoms. The summed E-state index contributed by atoms with van der Waals surface area (Å²) in [5.74, 6) is 0. The molecular formula is C12H12N2. The van der Waals surface area contributed by atoms with Crippen LogP contribution in [0.5, 0.6) is 0 Å². The number of imidazole rings is 1. The van der Waals surface area contributed by atoms with Crippen molar-refractivity contribution >= 4 is 11.2 Å². The van der Waals surface area contributed by atoms with Crippen LogP contribution in [-0.2, 0) is 6.42 Å². The SMILES string of the molecule is CCc1ccc2n1cc1ccccn12. The number of rotatable bonds is 1. The minimum Gasteiger partial charge on any atom is -0.305 e. The van der Waals surface area contributed by atoms with Crippen molar-refractivity contribution < 1.29 is 0 Å². The van der Waals surface area contributed by atoms with Crippen molar-refractivity contribution in [1.82, 2.24) is 8.80 Å². The van der Waals surface area contributed by atoms with Crippen molar-refractivity contribution in [3.05, 3.63) is 48.4 Å². The van der Waals surface area contributed by atoms with Crippen LogP contribution in [0.4, 0.5) is 0 Å². The highest BCUT2D eigenvalue weighted by molar-refractivity contribution is 5.59. The normalized spacial score (nSPS) is 11.5. The zero-order valence-electron chi connectivity index (χ0n) is 8.14. The average Bonchev–Trinajstić information content (AvgIpc) is 2.75. The van der Waals surface area contributed by atoms with Gasteiger partial charge in [0.15, 0.2) is 0 Å². The van der Waals surface area contributed by atoms with Gasteiger partial charge in [0.25, 0.3) is 0 Å². The Kier molecular flexibility index (Phi) is 1.45. The van der Waals surface area contributed by atoms with Crippen molar-refractivity contribution in [3.63, 3.8) is 0 Å². The first-order valence-electron chi connectivity index (χ1n) is 4.96. The molecule has 0 unspecified atom stereocenters. The molecule has 0 radical (unpaired) electrons. The van der Waals surface area contributed by atoms with E-state index in [-0.39, 0.29) is 0 Å². The van der Waals surface area contributed by atoms with E-state index in [1.165, 1.54) is 16.9 Å². The Morgan fingerprint density at radius 2 is 2.00 bits per heavy atom. The number of nitrogens with zero attached hydrogens (tertiary/aromatic N) is 2. The summed E-state index contributed by atoms with van der Waals surface area (Å²) in [5.41, 5.74) is 3.86. The second kappa shape index (κ2) is 2.64. The molecule has 70 valence electrons. The molecule has 3 aromatic heterocycles. The van der Waals surface area contributed by atoms with Crippen LogP contribution in [0.25, 0.3) is 11.2 Å². The molecule has 2 heteroatoms. The molecule has 0 aliphatic carbocycles. The first kappa shape index (κ1) is 7.68. The van der Waals surface area contributed by atoms with Gasteiger partial charge in [-0.15, -0.1) is 0 Å². The summed E-state index contributed by atoms with van der Waals surface area (Å²) in [6.07, 6.45) is 5.36. The summed E-state index contributed by atoms with van der Waals surface area (Å²) in [6.45, 7) is 2.18. The van der Waals surface area contributed by atoms with E-state index < -0.39 is 0 Å². The van der Waals surface area contributed by atoms with Crippen LogP contribution < -0.4 is 0 Å². The van der Waals surface area contributed by atoms with Crippen LogP contribution in [0.2, 0.25) is 0 Å². The van der Waals surface area contributed by atoms with Gasteiger partial charge in [-0.1, -0.05) is 13.0 Å². The van der Waals surface area contributed by atoms with Gasteiger partial charge < -0.3 is 8.80 Å². The molecule has 2 nitrogen and oxygen atoms in total. The van der Waals surface area contributed by atoms with E-state index in [9.17, 15) is 0 Å². The van der Waals surface area contributed by atoms with Gasteiger partial charge >= 0.3 is 0 Å². The summed E-state index contributed by atoms with van der Waals surface area (Å²) in [4.78, 5) is 0. The second-order valence-corrected chi connectivity index (χ2v) is 3.53. The molecule has 0 aromatic carbocycles. The minimum atomic E-state index is 1.07. The number of aromatic nitrogens is 2. The third-order valence-corrected chi connectivity index (χ3v) is 2.74. The van der Waals surface area contributed by atoms with Crippen LogP contribution in [0.1, 0.15) is 12.6 Å². The topological polar surface area (TPSA) is 8.82 Å². The Morgan fingerprint density at radius 3 is 2.86 bits per heavy atom. The average molecular weight is 184 g/mol. The van der Waals surface area contributed by atoms with Crippen LogP contribution in [0, 0.1) is 0 Å². The fraction of sp³-hybridized carbons (Fsp3) is 0.167. The van der Waals surface area contributed by atoms with Gasteiger partial charge in [0.1, 0.15) is 5.65 Å². The minimum absolute atomic E-state index is 1.07.